The molecule has 2 aromatic rings. The number of hydrogen-bond acceptors (Lipinski definition) is 2. The van der Waals surface area contributed by atoms with Crippen LogP contribution in [0.2, 0.25) is 0 Å². The van der Waals surface area contributed by atoms with Crippen molar-refractivity contribution in [2.75, 3.05) is 5.32 Å². The first-order valence-corrected chi connectivity index (χ1v) is 9.55. The van der Waals surface area contributed by atoms with Crippen molar-refractivity contribution < 1.29 is 4.79 Å². The molecular formula is C22H25N3OS. The van der Waals surface area contributed by atoms with Crippen molar-refractivity contribution in [2.45, 2.75) is 40.2 Å². The predicted molar refractivity (Wildman–Crippen MR) is 115 cm³/mol. The van der Waals surface area contributed by atoms with Gasteiger partial charge in [-0.25, -0.2) is 0 Å². The molecule has 3 rings (SSSR count). The Morgan fingerprint density at radius 2 is 1.81 bits per heavy atom. The lowest BCUT2D eigenvalue weighted by Gasteiger charge is -2.30. The average molecular weight is 380 g/mol. The van der Waals surface area contributed by atoms with E-state index in [1.165, 1.54) is 11.1 Å². The Bertz CT molecular complexity index is 916. The summed E-state index contributed by atoms with van der Waals surface area (Å²) in [6, 6.07) is 14.0. The number of aryl methyl sites for hydroxylation is 3. The summed E-state index contributed by atoms with van der Waals surface area (Å²) in [5, 5.41) is 9.91. The number of benzene rings is 2. The lowest BCUT2D eigenvalue weighted by Crippen LogP contribution is -2.45. The number of anilines is 1. The molecule has 27 heavy (non-hydrogen) atoms. The van der Waals surface area contributed by atoms with Gasteiger partial charge in [-0.2, -0.15) is 0 Å². The first-order valence-electron chi connectivity index (χ1n) is 9.14. The van der Waals surface area contributed by atoms with Gasteiger partial charge >= 0.3 is 0 Å². The normalized spacial score (nSPS) is 16.6. The smallest absolute Gasteiger partial charge is 0.255 e. The van der Waals surface area contributed by atoms with Crippen molar-refractivity contribution in [3.05, 3.63) is 76.0 Å². The molecule has 3 N–H and O–H groups in total. The molecule has 0 radical (unpaired) electrons. The lowest BCUT2D eigenvalue weighted by molar-refractivity contribution is -0.113. The Hall–Kier alpha value is -2.66. The number of rotatable bonds is 4. The summed E-state index contributed by atoms with van der Waals surface area (Å²) < 4.78 is 0. The summed E-state index contributed by atoms with van der Waals surface area (Å²) in [7, 11) is 0. The maximum atomic E-state index is 13.1. The van der Waals surface area contributed by atoms with E-state index in [1.807, 2.05) is 32.9 Å². The fraction of sp³-hybridized carbons (Fsp3) is 0.273. The maximum absolute atomic E-state index is 13.1. The molecule has 1 heterocycles. The second-order valence-electron chi connectivity index (χ2n) is 6.94. The molecule has 0 bridgehead atoms. The number of thiocarbonyl (C=S) groups is 1. The van der Waals surface area contributed by atoms with Crippen LogP contribution in [0.15, 0.2) is 53.7 Å². The van der Waals surface area contributed by atoms with Gasteiger partial charge in [0.15, 0.2) is 5.11 Å². The van der Waals surface area contributed by atoms with E-state index in [9.17, 15) is 4.79 Å². The molecular weight excluding hydrogens is 354 g/mol. The lowest BCUT2D eigenvalue weighted by atomic mass is 9.94. The van der Waals surface area contributed by atoms with Crippen LogP contribution in [0.1, 0.15) is 42.1 Å². The van der Waals surface area contributed by atoms with Gasteiger partial charge in [-0.15, -0.1) is 0 Å². The zero-order valence-corrected chi connectivity index (χ0v) is 17.0. The van der Waals surface area contributed by atoms with Crippen LogP contribution in [-0.4, -0.2) is 11.0 Å². The fourth-order valence-corrected chi connectivity index (χ4v) is 3.61. The Labute approximate surface area is 166 Å². The number of allylic oxidation sites excluding steroid dienone is 1. The van der Waals surface area contributed by atoms with Gasteiger partial charge in [0.25, 0.3) is 5.91 Å². The molecule has 5 heteroatoms. The minimum atomic E-state index is -0.282. The van der Waals surface area contributed by atoms with Crippen LogP contribution in [0.4, 0.5) is 5.69 Å². The zero-order chi connectivity index (χ0) is 19.6. The van der Waals surface area contributed by atoms with Gasteiger partial charge in [-0.3, -0.25) is 4.79 Å². The van der Waals surface area contributed by atoms with Gasteiger partial charge in [0.2, 0.25) is 0 Å². The van der Waals surface area contributed by atoms with Gasteiger partial charge in [-0.05, 0) is 62.2 Å². The Balaban J connectivity index is 1.94. The van der Waals surface area contributed by atoms with Crippen LogP contribution in [0, 0.1) is 13.8 Å². The van der Waals surface area contributed by atoms with Crippen LogP contribution >= 0.6 is 12.2 Å². The fourth-order valence-electron chi connectivity index (χ4n) is 3.33. The molecule has 0 aliphatic carbocycles. The van der Waals surface area contributed by atoms with E-state index in [1.54, 1.807) is 0 Å². The number of nitrogens with one attached hydrogen (secondary N) is 3. The SMILES string of the molecule is CCc1ccc([C@@H]2NC(=S)NC(C)=C2C(=O)Nc2ccc(C)cc2C)cc1. The van der Waals surface area contributed by atoms with E-state index >= 15 is 0 Å². The van der Waals surface area contributed by atoms with Crippen molar-refractivity contribution in [1.82, 2.24) is 10.6 Å². The molecule has 1 aliphatic rings. The van der Waals surface area contributed by atoms with Crippen molar-refractivity contribution >= 4 is 28.9 Å². The molecule has 140 valence electrons. The molecule has 0 saturated heterocycles. The van der Waals surface area contributed by atoms with Crippen molar-refractivity contribution in [3.63, 3.8) is 0 Å². The first kappa shape index (κ1) is 19.1. The molecule has 2 aromatic carbocycles. The number of hydrogen-bond donors (Lipinski definition) is 3. The quantitative estimate of drug-likeness (QED) is 0.694. The number of carbonyl (C=O) groups is 1. The summed E-state index contributed by atoms with van der Waals surface area (Å²) in [6.45, 7) is 8.05. The summed E-state index contributed by atoms with van der Waals surface area (Å²) in [6.07, 6.45) is 0.979. The van der Waals surface area contributed by atoms with Gasteiger partial charge in [0, 0.05) is 11.4 Å². The highest BCUT2D eigenvalue weighted by atomic mass is 32.1. The highest BCUT2D eigenvalue weighted by Crippen LogP contribution is 2.28. The second-order valence-corrected chi connectivity index (χ2v) is 7.35. The minimum absolute atomic E-state index is 0.133. The van der Waals surface area contributed by atoms with Crippen molar-refractivity contribution in [1.29, 1.82) is 0 Å². The molecule has 0 saturated carbocycles. The molecule has 0 unspecified atom stereocenters. The van der Waals surface area contributed by atoms with Crippen LogP contribution < -0.4 is 16.0 Å². The van der Waals surface area contributed by atoms with Crippen LogP contribution in [-0.2, 0) is 11.2 Å². The third-order valence-corrected chi connectivity index (χ3v) is 5.09. The monoisotopic (exact) mass is 379 g/mol. The van der Waals surface area contributed by atoms with E-state index in [2.05, 4.69) is 53.2 Å². The largest absolute Gasteiger partial charge is 0.351 e. The minimum Gasteiger partial charge on any atom is -0.351 e. The van der Waals surface area contributed by atoms with Crippen LogP contribution in [0.5, 0.6) is 0 Å². The molecule has 4 nitrogen and oxygen atoms in total. The molecule has 1 atom stereocenters. The van der Waals surface area contributed by atoms with Crippen molar-refractivity contribution in [2.24, 2.45) is 0 Å². The van der Waals surface area contributed by atoms with E-state index in [0.717, 1.165) is 28.9 Å². The molecule has 0 spiro atoms. The first-order chi connectivity index (χ1) is 12.9. The molecule has 1 amide bonds. The maximum Gasteiger partial charge on any atom is 0.255 e. The van der Waals surface area contributed by atoms with Crippen LogP contribution in [0.3, 0.4) is 0 Å². The van der Waals surface area contributed by atoms with Gasteiger partial charge in [-0.1, -0.05) is 48.9 Å². The van der Waals surface area contributed by atoms with Crippen molar-refractivity contribution in [3.8, 4) is 0 Å². The van der Waals surface area contributed by atoms with E-state index in [-0.39, 0.29) is 11.9 Å². The topological polar surface area (TPSA) is 53.2 Å². The van der Waals surface area contributed by atoms with E-state index in [0.29, 0.717) is 10.7 Å². The van der Waals surface area contributed by atoms with Gasteiger partial charge < -0.3 is 16.0 Å². The molecule has 0 fully saturated rings. The molecule has 0 aromatic heterocycles. The third-order valence-electron chi connectivity index (χ3n) is 4.87. The third kappa shape index (κ3) is 4.19. The van der Waals surface area contributed by atoms with Gasteiger partial charge in [0.1, 0.15) is 0 Å². The standard InChI is InChI=1S/C22H25N3OS/c1-5-16-7-9-17(10-8-16)20-19(15(4)23-22(27)25-20)21(26)24-18-11-6-13(2)12-14(18)3/h6-12,20H,5H2,1-4H3,(H,24,26)(H2,23,25,27)/t20-/m0/s1. The Kier molecular flexibility index (Phi) is 5.61. The zero-order valence-electron chi connectivity index (χ0n) is 16.1. The molecule has 1 aliphatic heterocycles. The predicted octanol–water partition coefficient (Wildman–Crippen LogP) is 4.30. The highest BCUT2D eigenvalue weighted by Gasteiger charge is 2.30. The summed E-state index contributed by atoms with van der Waals surface area (Å²) in [4.78, 5) is 13.1. The van der Waals surface area contributed by atoms with E-state index in [4.69, 9.17) is 12.2 Å². The van der Waals surface area contributed by atoms with Gasteiger partial charge in [0.05, 0.1) is 11.6 Å². The Morgan fingerprint density at radius 3 is 2.44 bits per heavy atom. The summed E-state index contributed by atoms with van der Waals surface area (Å²) in [5.74, 6) is -0.133. The highest BCUT2D eigenvalue weighted by molar-refractivity contribution is 7.80. The second kappa shape index (κ2) is 7.92. The number of amides is 1. The summed E-state index contributed by atoms with van der Waals surface area (Å²) in [5.41, 5.74) is 6.72. The number of carbonyl (C=O) groups excluding carboxylic acids is 1. The Morgan fingerprint density at radius 1 is 1.11 bits per heavy atom. The average Bonchev–Trinajstić information content (AvgIpc) is 2.63. The van der Waals surface area contributed by atoms with E-state index < -0.39 is 0 Å². The summed E-state index contributed by atoms with van der Waals surface area (Å²) >= 11 is 5.32. The van der Waals surface area contributed by atoms with Crippen LogP contribution in [0.25, 0.3) is 0 Å².